The Morgan fingerprint density at radius 2 is 1.89 bits per heavy atom. The molecule has 0 spiro atoms. The Morgan fingerprint density at radius 3 is 2.22 bits per heavy atom. The van der Waals surface area contributed by atoms with Gasteiger partial charge in [0.15, 0.2) is 0 Å². The molecule has 1 amide bonds. The summed E-state index contributed by atoms with van der Waals surface area (Å²) in [5.74, 6) is 0.0794. The van der Waals surface area contributed by atoms with Crippen LogP contribution in [0, 0.1) is 0 Å². The first-order valence-corrected chi connectivity index (χ1v) is 6.89. The predicted octanol–water partition coefficient (Wildman–Crippen LogP) is 1.36. The molecule has 2 N–H and O–H groups in total. The van der Waals surface area contributed by atoms with Crippen LogP contribution in [0.2, 0.25) is 0 Å². The first-order valence-electron chi connectivity index (χ1n) is 6.89. The molecule has 0 aliphatic heterocycles. The third-order valence-corrected chi connectivity index (χ3v) is 3.86. The van der Waals surface area contributed by atoms with Crippen molar-refractivity contribution in [2.75, 3.05) is 20.6 Å². The Hall–Kier alpha value is -0.610. The zero-order valence-corrected chi connectivity index (χ0v) is 12.8. The van der Waals surface area contributed by atoms with Gasteiger partial charge < -0.3 is 15.5 Å². The summed E-state index contributed by atoms with van der Waals surface area (Å²) in [6, 6.07) is -0.137. The average molecular weight is 255 g/mol. The number of carbonyl (C=O) groups excluding carboxylic acids is 1. The van der Waals surface area contributed by atoms with Crippen LogP contribution in [-0.2, 0) is 4.79 Å². The summed E-state index contributed by atoms with van der Waals surface area (Å²) in [5.41, 5.74) is 0.0962. The Balaban J connectivity index is 2.41. The third kappa shape index (κ3) is 3.95. The second kappa shape index (κ2) is 5.57. The standard InChI is InChI=1S/C14H29N3O/c1-11(12(18)16-13(2,3)4)15-10-14(17(5)6)8-7-9-14/h11,15H,7-10H2,1-6H3,(H,16,18). The molecule has 0 aromatic heterocycles. The molecule has 1 saturated carbocycles. The molecule has 0 radical (unpaired) electrons. The summed E-state index contributed by atoms with van der Waals surface area (Å²) < 4.78 is 0. The fraction of sp³-hybridized carbons (Fsp3) is 0.929. The van der Waals surface area contributed by atoms with E-state index in [-0.39, 0.29) is 23.0 Å². The minimum absolute atomic E-state index is 0.0794. The highest BCUT2D eigenvalue weighted by Crippen LogP contribution is 2.35. The van der Waals surface area contributed by atoms with E-state index in [1.54, 1.807) is 0 Å². The van der Waals surface area contributed by atoms with E-state index >= 15 is 0 Å². The van der Waals surface area contributed by atoms with Crippen LogP contribution in [0.15, 0.2) is 0 Å². The van der Waals surface area contributed by atoms with Gasteiger partial charge in [0.05, 0.1) is 6.04 Å². The molecule has 4 nitrogen and oxygen atoms in total. The molecular weight excluding hydrogens is 226 g/mol. The molecule has 1 aliphatic rings. The Labute approximate surface area is 111 Å². The van der Waals surface area contributed by atoms with Gasteiger partial charge in [-0.05, 0) is 61.1 Å². The van der Waals surface area contributed by atoms with Crippen molar-refractivity contribution in [3.63, 3.8) is 0 Å². The van der Waals surface area contributed by atoms with Gasteiger partial charge in [0.2, 0.25) is 5.91 Å². The van der Waals surface area contributed by atoms with Gasteiger partial charge in [-0.2, -0.15) is 0 Å². The minimum Gasteiger partial charge on any atom is -0.350 e. The Morgan fingerprint density at radius 1 is 1.33 bits per heavy atom. The highest BCUT2D eigenvalue weighted by atomic mass is 16.2. The van der Waals surface area contributed by atoms with E-state index < -0.39 is 0 Å². The maximum Gasteiger partial charge on any atom is 0.237 e. The highest BCUT2D eigenvalue weighted by molar-refractivity contribution is 5.81. The quantitative estimate of drug-likeness (QED) is 0.780. The van der Waals surface area contributed by atoms with Gasteiger partial charge in [0.25, 0.3) is 0 Å². The van der Waals surface area contributed by atoms with Crippen LogP contribution in [0.25, 0.3) is 0 Å². The van der Waals surface area contributed by atoms with Crippen molar-refractivity contribution >= 4 is 5.91 Å². The van der Waals surface area contributed by atoms with Crippen LogP contribution in [0.1, 0.15) is 47.0 Å². The first kappa shape index (κ1) is 15.4. The molecule has 1 rings (SSSR count). The summed E-state index contributed by atoms with van der Waals surface area (Å²) >= 11 is 0. The lowest BCUT2D eigenvalue weighted by Crippen LogP contribution is -2.59. The molecular formula is C14H29N3O. The van der Waals surface area contributed by atoms with Gasteiger partial charge in [-0.15, -0.1) is 0 Å². The van der Waals surface area contributed by atoms with E-state index in [1.165, 1.54) is 19.3 Å². The lowest BCUT2D eigenvalue weighted by molar-refractivity contribution is -0.124. The zero-order valence-electron chi connectivity index (χ0n) is 12.8. The number of rotatable bonds is 5. The largest absolute Gasteiger partial charge is 0.350 e. The Kier molecular flexibility index (Phi) is 4.78. The van der Waals surface area contributed by atoms with Gasteiger partial charge in [-0.1, -0.05) is 0 Å². The fourth-order valence-corrected chi connectivity index (χ4v) is 2.28. The van der Waals surface area contributed by atoms with Crippen molar-refractivity contribution < 1.29 is 4.79 Å². The number of hydrogen-bond acceptors (Lipinski definition) is 3. The van der Waals surface area contributed by atoms with E-state index in [0.29, 0.717) is 0 Å². The van der Waals surface area contributed by atoms with Crippen LogP contribution >= 0.6 is 0 Å². The lowest BCUT2D eigenvalue weighted by Gasteiger charge is -2.48. The summed E-state index contributed by atoms with van der Waals surface area (Å²) in [5, 5.41) is 6.38. The number of amides is 1. The van der Waals surface area contributed by atoms with Crippen LogP contribution in [-0.4, -0.2) is 48.6 Å². The van der Waals surface area contributed by atoms with Gasteiger partial charge in [-0.25, -0.2) is 0 Å². The van der Waals surface area contributed by atoms with Gasteiger partial charge in [-0.3, -0.25) is 4.79 Å². The maximum absolute atomic E-state index is 12.0. The SMILES string of the molecule is CC(NCC1(N(C)C)CCC1)C(=O)NC(C)(C)C. The molecule has 1 aliphatic carbocycles. The van der Waals surface area contributed by atoms with Crippen molar-refractivity contribution in [1.29, 1.82) is 0 Å². The second-order valence-corrected chi connectivity index (χ2v) is 6.81. The lowest BCUT2D eigenvalue weighted by atomic mass is 9.75. The van der Waals surface area contributed by atoms with Crippen molar-refractivity contribution in [3.8, 4) is 0 Å². The minimum atomic E-state index is -0.164. The normalized spacial score (nSPS) is 20.4. The first-order chi connectivity index (χ1) is 8.16. The van der Waals surface area contributed by atoms with Crippen molar-refractivity contribution in [1.82, 2.24) is 15.5 Å². The molecule has 0 heterocycles. The van der Waals surface area contributed by atoms with Gasteiger partial charge in [0.1, 0.15) is 0 Å². The van der Waals surface area contributed by atoms with Crippen molar-refractivity contribution in [2.45, 2.75) is 64.1 Å². The van der Waals surface area contributed by atoms with Gasteiger partial charge in [0, 0.05) is 17.6 Å². The van der Waals surface area contributed by atoms with Crippen LogP contribution in [0.5, 0.6) is 0 Å². The summed E-state index contributed by atoms with van der Waals surface area (Å²) in [4.78, 5) is 14.3. The molecule has 18 heavy (non-hydrogen) atoms. The highest BCUT2D eigenvalue weighted by Gasteiger charge is 2.39. The summed E-state index contributed by atoms with van der Waals surface area (Å²) in [7, 11) is 4.25. The summed E-state index contributed by atoms with van der Waals surface area (Å²) in [6.45, 7) is 8.84. The van der Waals surface area contributed by atoms with Crippen LogP contribution in [0.3, 0.4) is 0 Å². The summed E-state index contributed by atoms with van der Waals surface area (Å²) in [6.07, 6.45) is 3.74. The van der Waals surface area contributed by atoms with E-state index in [0.717, 1.165) is 6.54 Å². The molecule has 0 aromatic rings. The smallest absolute Gasteiger partial charge is 0.237 e. The molecule has 4 heteroatoms. The molecule has 0 bridgehead atoms. The third-order valence-electron chi connectivity index (χ3n) is 3.86. The molecule has 0 aromatic carbocycles. The number of hydrogen-bond donors (Lipinski definition) is 2. The molecule has 1 atom stereocenters. The van der Waals surface area contributed by atoms with E-state index in [9.17, 15) is 4.79 Å². The number of nitrogens with zero attached hydrogens (tertiary/aromatic N) is 1. The monoisotopic (exact) mass is 255 g/mol. The van der Waals surface area contributed by atoms with E-state index in [1.807, 2.05) is 27.7 Å². The number of carbonyl (C=O) groups is 1. The maximum atomic E-state index is 12.0. The van der Waals surface area contributed by atoms with E-state index in [4.69, 9.17) is 0 Å². The predicted molar refractivity (Wildman–Crippen MR) is 75.6 cm³/mol. The van der Waals surface area contributed by atoms with Crippen molar-refractivity contribution in [3.05, 3.63) is 0 Å². The van der Waals surface area contributed by atoms with Crippen LogP contribution < -0.4 is 10.6 Å². The molecule has 0 saturated heterocycles. The molecule has 1 fully saturated rings. The average Bonchev–Trinajstić information content (AvgIpc) is 2.12. The van der Waals surface area contributed by atoms with E-state index in [2.05, 4.69) is 29.6 Å². The molecule has 1 unspecified atom stereocenters. The number of nitrogens with one attached hydrogen (secondary N) is 2. The van der Waals surface area contributed by atoms with Crippen molar-refractivity contribution in [2.24, 2.45) is 0 Å². The topological polar surface area (TPSA) is 44.4 Å². The van der Waals surface area contributed by atoms with Gasteiger partial charge >= 0.3 is 0 Å². The van der Waals surface area contributed by atoms with Crippen LogP contribution in [0.4, 0.5) is 0 Å². The zero-order chi connectivity index (χ0) is 14.0. The Bertz CT molecular complexity index is 290. The fourth-order valence-electron chi connectivity index (χ4n) is 2.28. The number of likely N-dealkylation sites (N-methyl/N-ethyl adjacent to an activating group) is 1. The second-order valence-electron chi connectivity index (χ2n) is 6.81. The molecule has 106 valence electrons.